The Morgan fingerprint density at radius 2 is 1.62 bits per heavy atom. The monoisotopic (exact) mass is 395 g/mol. The number of furan rings is 1. The Hall–Kier alpha value is -3.32. The van der Waals surface area contributed by atoms with Gasteiger partial charge in [0.05, 0.1) is 6.61 Å². The van der Waals surface area contributed by atoms with Crippen LogP contribution in [0.15, 0.2) is 52.9 Å². The second kappa shape index (κ2) is 9.25. The number of nitrogens with one attached hydrogen (secondary N) is 2. The average molecular weight is 395 g/mol. The summed E-state index contributed by atoms with van der Waals surface area (Å²) in [6, 6.07) is 14.6. The van der Waals surface area contributed by atoms with E-state index >= 15 is 0 Å². The standard InChI is InChI=1S/C22H25N3O4/c1-4-25(5-2)16-12-10-15(11-13-16)21(26)23-24-22(27)20-18(14-28-3)17-8-6-7-9-19(17)29-20/h6-13H,4-5,14H2,1-3H3,(H,23,26)(H,24,27). The van der Waals surface area contributed by atoms with Crippen molar-refractivity contribution in [2.75, 3.05) is 25.1 Å². The molecule has 0 fully saturated rings. The topological polar surface area (TPSA) is 83.8 Å². The van der Waals surface area contributed by atoms with Crippen molar-refractivity contribution >= 4 is 28.5 Å². The van der Waals surface area contributed by atoms with Crippen molar-refractivity contribution in [2.45, 2.75) is 20.5 Å². The summed E-state index contributed by atoms with van der Waals surface area (Å²) >= 11 is 0. The second-order valence-corrected chi connectivity index (χ2v) is 6.47. The largest absolute Gasteiger partial charge is 0.450 e. The Bertz CT molecular complexity index is 991. The molecule has 3 aromatic rings. The summed E-state index contributed by atoms with van der Waals surface area (Å²) in [5, 5.41) is 0.804. The van der Waals surface area contributed by atoms with Crippen molar-refractivity contribution < 1.29 is 18.7 Å². The van der Waals surface area contributed by atoms with E-state index in [1.54, 1.807) is 25.3 Å². The van der Waals surface area contributed by atoms with E-state index in [1.807, 2.05) is 30.3 Å². The van der Waals surface area contributed by atoms with E-state index in [4.69, 9.17) is 9.15 Å². The minimum absolute atomic E-state index is 0.116. The van der Waals surface area contributed by atoms with E-state index in [0.717, 1.165) is 24.2 Å². The van der Waals surface area contributed by atoms with Crippen molar-refractivity contribution in [3.05, 3.63) is 65.4 Å². The SMILES string of the molecule is CCN(CC)c1ccc(C(=O)NNC(=O)c2oc3ccccc3c2COC)cc1. The molecule has 0 unspecified atom stereocenters. The molecule has 7 nitrogen and oxygen atoms in total. The lowest BCUT2D eigenvalue weighted by atomic mass is 10.1. The van der Waals surface area contributed by atoms with Gasteiger partial charge in [0.15, 0.2) is 5.76 Å². The average Bonchev–Trinajstić information content (AvgIpc) is 3.12. The van der Waals surface area contributed by atoms with Crippen molar-refractivity contribution in [3.8, 4) is 0 Å². The highest BCUT2D eigenvalue weighted by molar-refractivity contribution is 6.01. The molecule has 2 aromatic carbocycles. The number of methoxy groups -OCH3 is 1. The summed E-state index contributed by atoms with van der Waals surface area (Å²) < 4.78 is 10.9. The smallest absolute Gasteiger partial charge is 0.305 e. The maximum absolute atomic E-state index is 12.6. The molecule has 2 N–H and O–H groups in total. The Balaban J connectivity index is 1.70. The molecule has 0 aliphatic rings. The summed E-state index contributed by atoms with van der Waals surface area (Å²) in [7, 11) is 1.55. The minimum Gasteiger partial charge on any atom is -0.450 e. The lowest BCUT2D eigenvalue weighted by molar-refractivity contribution is 0.0828. The van der Waals surface area contributed by atoms with Crippen LogP contribution in [0.2, 0.25) is 0 Å². The normalized spacial score (nSPS) is 10.7. The predicted molar refractivity (Wildman–Crippen MR) is 112 cm³/mol. The molecule has 0 bridgehead atoms. The van der Waals surface area contributed by atoms with E-state index in [2.05, 4.69) is 29.6 Å². The number of carbonyl (C=O) groups excluding carboxylic acids is 2. The summed E-state index contributed by atoms with van der Waals surface area (Å²) in [6.45, 7) is 6.16. The van der Waals surface area contributed by atoms with Crippen molar-refractivity contribution in [2.24, 2.45) is 0 Å². The molecular formula is C22H25N3O4. The van der Waals surface area contributed by atoms with Gasteiger partial charge in [-0.2, -0.15) is 0 Å². The maximum Gasteiger partial charge on any atom is 0.305 e. The third kappa shape index (κ3) is 4.41. The summed E-state index contributed by atoms with van der Waals surface area (Å²) in [4.78, 5) is 27.2. The first-order valence-electron chi connectivity index (χ1n) is 9.54. The summed E-state index contributed by atoms with van der Waals surface area (Å²) in [5.74, 6) is -0.833. The molecule has 0 atom stereocenters. The van der Waals surface area contributed by atoms with Gasteiger partial charge in [0.25, 0.3) is 5.91 Å². The predicted octanol–water partition coefficient (Wildman–Crippen LogP) is 3.50. The van der Waals surface area contributed by atoms with Crippen LogP contribution in [0.5, 0.6) is 0 Å². The van der Waals surface area contributed by atoms with Gasteiger partial charge >= 0.3 is 5.91 Å². The van der Waals surface area contributed by atoms with Gasteiger partial charge < -0.3 is 14.1 Å². The van der Waals surface area contributed by atoms with Gasteiger partial charge in [-0.25, -0.2) is 0 Å². The fourth-order valence-corrected chi connectivity index (χ4v) is 3.22. The number of para-hydroxylation sites is 1. The Labute approximate surface area is 169 Å². The molecule has 0 aliphatic heterocycles. The van der Waals surface area contributed by atoms with Crippen LogP contribution in [0.4, 0.5) is 5.69 Å². The van der Waals surface area contributed by atoms with Crippen molar-refractivity contribution in [1.82, 2.24) is 10.9 Å². The Morgan fingerprint density at radius 3 is 2.28 bits per heavy atom. The van der Waals surface area contributed by atoms with Gasteiger partial charge in [-0.05, 0) is 44.2 Å². The fraction of sp³-hybridized carbons (Fsp3) is 0.273. The van der Waals surface area contributed by atoms with Crippen LogP contribution in [0.25, 0.3) is 11.0 Å². The first-order chi connectivity index (χ1) is 14.1. The zero-order valence-electron chi connectivity index (χ0n) is 16.8. The van der Waals surface area contributed by atoms with Gasteiger partial charge in [0.2, 0.25) is 0 Å². The van der Waals surface area contributed by atoms with E-state index in [9.17, 15) is 9.59 Å². The number of anilines is 1. The van der Waals surface area contributed by atoms with Crippen LogP contribution in [0, 0.1) is 0 Å². The lowest BCUT2D eigenvalue weighted by Crippen LogP contribution is -2.41. The molecule has 152 valence electrons. The number of carbonyl (C=O) groups is 2. The molecule has 7 heteroatoms. The number of benzene rings is 2. The number of hydrogen-bond donors (Lipinski definition) is 2. The third-order valence-corrected chi connectivity index (χ3v) is 4.74. The van der Waals surface area contributed by atoms with Gasteiger partial charge in [-0.3, -0.25) is 20.4 Å². The molecule has 0 radical (unpaired) electrons. The van der Waals surface area contributed by atoms with Gasteiger partial charge in [0, 0.05) is 42.4 Å². The zero-order valence-corrected chi connectivity index (χ0v) is 16.8. The minimum atomic E-state index is -0.540. The van der Waals surface area contributed by atoms with Gasteiger partial charge in [-0.1, -0.05) is 18.2 Å². The molecule has 3 rings (SSSR count). The molecular weight excluding hydrogens is 370 g/mol. The third-order valence-electron chi connectivity index (χ3n) is 4.74. The van der Waals surface area contributed by atoms with Gasteiger partial charge in [0.1, 0.15) is 5.58 Å². The number of rotatable bonds is 7. The molecule has 1 heterocycles. The van der Waals surface area contributed by atoms with Crippen molar-refractivity contribution in [3.63, 3.8) is 0 Å². The van der Waals surface area contributed by atoms with Crippen molar-refractivity contribution in [1.29, 1.82) is 0 Å². The van der Waals surface area contributed by atoms with Crippen LogP contribution in [-0.2, 0) is 11.3 Å². The van der Waals surface area contributed by atoms with Crippen LogP contribution in [0.3, 0.4) is 0 Å². The molecule has 2 amide bonds. The highest BCUT2D eigenvalue weighted by Gasteiger charge is 2.21. The number of ether oxygens (including phenoxy) is 1. The number of hydrogen-bond acceptors (Lipinski definition) is 5. The van der Waals surface area contributed by atoms with Gasteiger partial charge in [-0.15, -0.1) is 0 Å². The molecule has 0 aliphatic carbocycles. The molecule has 1 aromatic heterocycles. The Kier molecular flexibility index (Phi) is 6.51. The second-order valence-electron chi connectivity index (χ2n) is 6.47. The Morgan fingerprint density at radius 1 is 0.966 bits per heavy atom. The highest BCUT2D eigenvalue weighted by atomic mass is 16.5. The number of hydrazine groups is 1. The molecule has 29 heavy (non-hydrogen) atoms. The van der Waals surface area contributed by atoms with E-state index in [0.29, 0.717) is 16.7 Å². The molecule has 0 spiro atoms. The first kappa shape index (κ1) is 20.4. The lowest BCUT2D eigenvalue weighted by Gasteiger charge is -2.21. The van der Waals surface area contributed by atoms with E-state index < -0.39 is 11.8 Å². The molecule has 0 saturated carbocycles. The van der Waals surface area contributed by atoms with Crippen LogP contribution >= 0.6 is 0 Å². The number of amides is 2. The fourth-order valence-electron chi connectivity index (χ4n) is 3.22. The zero-order chi connectivity index (χ0) is 20.8. The molecule has 0 saturated heterocycles. The summed E-state index contributed by atoms with van der Waals surface area (Å²) in [6.07, 6.45) is 0. The number of nitrogens with zero attached hydrogens (tertiary/aromatic N) is 1. The maximum atomic E-state index is 12.6. The summed E-state index contributed by atoms with van der Waals surface area (Å²) in [5.41, 5.74) is 7.57. The van der Waals surface area contributed by atoms with Crippen LogP contribution in [-0.4, -0.2) is 32.0 Å². The van der Waals surface area contributed by atoms with E-state index in [-0.39, 0.29) is 12.4 Å². The first-order valence-corrected chi connectivity index (χ1v) is 9.54. The highest BCUT2D eigenvalue weighted by Crippen LogP contribution is 2.26. The van der Waals surface area contributed by atoms with E-state index in [1.165, 1.54) is 0 Å². The number of fused-ring (bicyclic) bond motifs is 1. The van der Waals surface area contributed by atoms with Crippen LogP contribution < -0.4 is 15.8 Å². The quantitative estimate of drug-likeness (QED) is 0.598. The van der Waals surface area contributed by atoms with Crippen LogP contribution in [0.1, 0.15) is 40.3 Å².